The Morgan fingerprint density at radius 2 is 2.20 bits per heavy atom. The lowest BCUT2D eigenvalue weighted by molar-refractivity contribution is 0.600. The first-order chi connectivity index (χ1) is 9.79. The molecule has 1 atom stereocenters. The van der Waals surface area contributed by atoms with E-state index in [9.17, 15) is 0 Å². The second-order valence-electron chi connectivity index (χ2n) is 4.44. The van der Waals surface area contributed by atoms with Crippen LogP contribution in [-0.2, 0) is 0 Å². The summed E-state index contributed by atoms with van der Waals surface area (Å²) in [7, 11) is 0. The first-order valence-electron chi connectivity index (χ1n) is 6.32. The van der Waals surface area contributed by atoms with E-state index in [1.54, 1.807) is 11.3 Å². The predicted octanol–water partition coefficient (Wildman–Crippen LogP) is 3.92. The summed E-state index contributed by atoms with van der Waals surface area (Å²) >= 11 is 5.20. The maximum absolute atomic E-state index is 6.01. The molecule has 2 heterocycles. The summed E-state index contributed by atoms with van der Waals surface area (Å²) in [6, 6.07) is 12.5. The van der Waals surface area contributed by atoms with Gasteiger partial charge in [0.25, 0.3) is 0 Å². The minimum Gasteiger partial charge on any atom is -0.328 e. The van der Waals surface area contributed by atoms with E-state index in [0.717, 1.165) is 15.2 Å². The number of nitrogens with zero attached hydrogens (tertiary/aromatic N) is 2. The standard InChI is InChI=1S/C15H14BrN3S/c16-12-4-1-3-11(9-12)13(10-17)19-7-6-18-15(19)14-5-2-8-20-14/h1-9,13H,10,17H2. The largest absolute Gasteiger partial charge is 0.328 e. The zero-order chi connectivity index (χ0) is 13.9. The van der Waals surface area contributed by atoms with E-state index in [2.05, 4.69) is 49.1 Å². The van der Waals surface area contributed by atoms with Gasteiger partial charge in [-0.1, -0.05) is 34.1 Å². The second kappa shape index (κ2) is 5.91. The highest BCUT2D eigenvalue weighted by Gasteiger charge is 2.17. The molecular formula is C15H14BrN3S. The van der Waals surface area contributed by atoms with E-state index < -0.39 is 0 Å². The molecule has 1 unspecified atom stereocenters. The molecule has 0 radical (unpaired) electrons. The molecule has 3 nitrogen and oxygen atoms in total. The van der Waals surface area contributed by atoms with Crippen LogP contribution in [0, 0.1) is 0 Å². The average molecular weight is 348 g/mol. The molecule has 0 aliphatic carbocycles. The number of benzene rings is 1. The third kappa shape index (κ3) is 2.57. The summed E-state index contributed by atoms with van der Waals surface area (Å²) in [6.07, 6.45) is 3.82. The maximum atomic E-state index is 6.01. The maximum Gasteiger partial charge on any atom is 0.150 e. The molecule has 0 amide bonds. The number of hydrogen-bond donors (Lipinski definition) is 1. The van der Waals surface area contributed by atoms with Crippen molar-refractivity contribution in [2.24, 2.45) is 5.73 Å². The van der Waals surface area contributed by atoms with Gasteiger partial charge in [0.05, 0.1) is 10.9 Å². The minimum atomic E-state index is 0.0899. The van der Waals surface area contributed by atoms with E-state index in [1.165, 1.54) is 5.56 Å². The van der Waals surface area contributed by atoms with Crippen LogP contribution in [-0.4, -0.2) is 16.1 Å². The third-order valence-corrected chi connectivity index (χ3v) is 4.56. The molecule has 0 saturated heterocycles. The highest BCUT2D eigenvalue weighted by molar-refractivity contribution is 9.10. The number of aromatic nitrogens is 2. The van der Waals surface area contributed by atoms with Gasteiger partial charge in [-0.25, -0.2) is 4.98 Å². The molecule has 0 aliphatic heterocycles. The minimum absolute atomic E-state index is 0.0899. The van der Waals surface area contributed by atoms with Crippen molar-refractivity contribution in [2.45, 2.75) is 6.04 Å². The fourth-order valence-corrected chi connectivity index (χ4v) is 3.43. The van der Waals surface area contributed by atoms with Crippen LogP contribution >= 0.6 is 27.3 Å². The van der Waals surface area contributed by atoms with Gasteiger partial charge in [-0.05, 0) is 29.1 Å². The van der Waals surface area contributed by atoms with Crippen molar-refractivity contribution in [3.8, 4) is 10.7 Å². The van der Waals surface area contributed by atoms with Gasteiger partial charge in [-0.3, -0.25) is 0 Å². The smallest absolute Gasteiger partial charge is 0.150 e. The molecule has 0 fully saturated rings. The molecule has 3 aromatic rings. The Kier molecular flexibility index (Phi) is 4.00. The molecule has 2 N–H and O–H groups in total. The van der Waals surface area contributed by atoms with Crippen LogP contribution in [0.15, 0.2) is 58.6 Å². The Morgan fingerprint density at radius 3 is 2.90 bits per heavy atom. The fourth-order valence-electron chi connectivity index (χ4n) is 2.29. The SMILES string of the molecule is NCC(c1cccc(Br)c1)n1ccnc1-c1cccs1. The number of hydrogen-bond acceptors (Lipinski definition) is 3. The number of nitrogens with two attached hydrogens (primary N) is 1. The second-order valence-corrected chi connectivity index (χ2v) is 6.31. The number of halogens is 1. The van der Waals surface area contributed by atoms with Crippen molar-refractivity contribution in [3.05, 3.63) is 64.2 Å². The fraction of sp³-hybridized carbons (Fsp3) is 0.133. The lowest BCUT2D eigenvalue weighted by atomic mass is 10.1. The van der Waals surface area contributed by atoms with Crippen molar-refractivity contribution < 1.29 is 0 Å². The summed E-state index contributed by atoms with van der Waals surface area (Å²) < 4.78 is 3.21. The molecular weight excluding hydrogens is 334 g/mol. The number of imidazole rings is 1. The van der Waals surface area contributed by atoms with Crippen LogP contribution in [0.4, 0.5) is 0 Å². The van der Waals surface area contributed by atoms with Gasteiger partial charge in [0, 0.05) is 23.4 Å². The topological polar surface area (TPSA) is 43.8 Å². The Labute approximate surface area is 130 Å². The number of rotatable bonds is 4. The van der Waals surface area contributed by atoms with E-state index in [-0.39, 0.29) is 6.04 Å². The Morgan fingerprint density at radius 1 is 1.30 bits per heavy atom. The van der Waals surface area contributed by atoms with Crippen LogP contribution in [0.3, 0.4) is 0 Å². The Balaban J connectivity index is 2.05. The number of thiophene rings is 1. The van der Waals surface area contributed by atoms with Gasteiger partial charge in [0.15, 0.2) is 5.82 Å². The zero-order valence-electron chi connectivity index (χ0n) is 10.7. The Bertz CT molecular complexity index is 691. The van der Waals surface area contributed by atoms with Gasteiger partial charge in [-0.15, -0.1) is 11.3 Å². The highest BCUT2D eigenvalue weighted by Crippen LogP contribution is 2.29. The van der Waals surface area contributed by atoms with Crippen molar-refractivity contribution in [3.63, 3.8) is 0 Å². The summed E-state index contributed by atoms with van der Waals surface area (Å²) in [4.78, 5) is 5.64. The van der Waals surface area contributed by atoms with Gasteiger partial charge in [-0.2, -0.15) is 0 Å². The first-order valence-corrected chi connectivity index (χ1v) is 7.99. The van der Waals surface area contributed by atoms with E-state index >= 15 is 0 Å². The van der Waals surface area contributed by atoms with Crippen LogP contribution in [0.2, 0.25) is 0 Å². The molecule has 5 heteroatoms. The van der Waals surface area contributed by atoms with E-state index in [4.69, 9.17) is 5.73 Å². The molecule has 1 aromatic carbocycles. The molecule has 102 valence electrons. The first kappa shape index (κ1) is 13.5. The van der Waals surface area contributed by atoms with Crippen LogP contribution in [0.5, 0.6) is 0 Å². The summed E-state index contributed by atoms with van der Waals surface area (Å²) in [6.45, 7) is 0.533. The molecule has 0 aliphatic rings. The molecule has 0 spiro atoms. The Hall–Kier alpha value is -1.43. The molecule has 20 heavy (non-hydrogen) atoms. The normalized spacial score (nSPS) is 12.5. The lowest BCUT2D eigenvalue weighted by Crippen LogP contribution is -2.20. The van der Waals surface area contributed by atoms with Crippen LogP contribution in [0.1, 0.15) is 11.6 Å². The average Bonchev–Trinajstić information content (AvgIpc) is 3.10. The molecule has 2 aromatic heterocycles. The predicted molar refractivity (Wildman–Crippen MR) is 86.9 cm³/mol. The van der Waals surface area contributed by atoms with Crippen molar-refractivity contribution >= 4 is 27.3 Å². The molecule has 0 bridgehead atoms. The van der Waals surface area contributed by atoms with Gasteiger partial charge < -0.3 is 10.3 Å². The van der Waals surface area contributed by atoms with Crippen LogP contribution in [0.25, 0.3) is 10.7 Å². The van der Waals surface area contributed by atoms with Crippen molar-refractivity contribution in [1.29, 1.82) is 0 Å². The summed E-state index contributed by atoms with van der Waals surface area (Å²) in [5, 5.41) is 2.06. The quantitative estimate of drug-likeness (QED) is 0.777. The van der Waals surface area contributed by atoms with Gasteiger partial charge in [0.1, 0.15) is 0 Å². The highest BCUT2D eigenvalue weighted by atomic mass is 79.9. The summed E-state index contributed by atoms with van der Waals surface area (Å²) in [5.74, 6) is 0.968. The van der Waals surface area contributed by atoms with E-state index in [1.807, 2.05) is 30.6 Å². The summed E-state index contributed by atoms with van der Waals surface area (Å²) in [5.41, 5.74) is 7.19. The van der Waals surface area contributed by atoms with Gasteiger partial charge >= 0.3 is 0 Å². The lowest BCUT2D eigenvalue weighted by Gasteiger charge is -2.19. The third-order valence-electron chi connectivity index (χ3n) is 3.20. The zero-order valence-corrected chi connectivity index (χ0v) is 13.1. The van der Waals surface area contributed by atoms with Crippen molar-refractivity contribution in [1.82, 2.24) is 9.55 Å². The van der Waals surface area contributed by atoms with Crippen molar-refractivity contribution in [2.75, 3.05) is 6.54 Å². The van der Waals surface area contributed by atoms with Gasteiger partial charge in [0.2, 0.25) is 0 Å². The van der Waals surface area contributed by atoms with Crippen LogP contribution < -0.4 is 5.73 Å². The monoisotopic (exact) mass is 347 g/mol. The molecule has 3 rings (SSSR count). The molecule has 0 saturated carbocycles. The van der Waals surface area contributed by atoms with E-state index in [0.29, 0.717) is 6.54 Å².